The minimum Gasteiger partial charge on any atom is -0.477 e. The lowest BCUT2D eigenvalue weighted by atomic mass is 9.88. The largest absolute Gasteiger partial charge is 0.477 e. The molecule has 0 aliphatic carbocycles. The quantitative estimate of drug-likeness (QED) is 0.0262. The molecule has 2 aliphatic heterocycles. The molecule has 6 amide bonds. The maximum absolute atomic E-state index is 13.0. The van der Waals surface area contributed by atoms with Crippen molar-refractivity contribution in [3.8, 4) is 21.6 Å². The number of hydrogen-bond donors (Lipinski definition) is 14. The first-order valence-corrected chi connectivity index (χ1v) is 33.1. The van der Waals surface area contributed by atoms with Gasteiger partial charge in [0, 0.05) is 91.5 Å². The number of carboxylic acids is 2. The number of thiophene rings is 1. The van der Waals surface area contributed by atoms with Gasteiger partial charge in [-0.1, -0.05) is 60.7 Å². The Hall–Kier alpha value is -7.36. The molecule has 0 saturated carbocycles. The molecule has 3 heterocycles. The monoisotopic (exact) mass is 1350 g/mol. The van der Waals surface area contributed by atoms with Crippen molar-refractivity contribution in [1.82, 2.24) is 31.9 Å². The van der Waals surface area contributed by atoms with Crippen LogP contribution in [0.1, 0.15) is 81.0 Å². The first-order chi connectivity index (χ1) is 44.5. The molecule has 502 valence electrons. The summed E-state index contributed by atoms with van der Waals surface area (Å²) in [6.07, 6.45) is -14.7. The summed E-state index contributed by atoms with van der Waals surface area (Å²) in [5.74, 6) is -9.62. The van der Waals surface area contributed by atoms with Crippen LogP contribution in [0.2, 0.25) is 0 Å². The van der Waals surface area contributed by atoms with Gasteiger partial charge in [0.05, 0.1) is 49.7 Å². The number of amides is 6. The summed E-state index contributed by atoms with van der Waals surface area (Å²) in [4.78, 5) is 102. The van der Waals surface area contributed by atoms with Crippen LogP contribution in [0.4, 0.5) is 0 Å². The van der Waals surface area contributed by atoms with Crippen LogP contribution in [-0.2, 0) is 38.1 Å². The summed E-state index contributed by atoms with van der Waals surface area (Å²) >= 11 is 4.38. The van der Waals surface area contributed by atoms with Crippen LogP contribution in [0.15, 0.2) is 121 Å². The molecule has 4 aromatic carbocycles. The number of rotatable bonds is 34. The lowest BCUT2D eigenvalue weighted by Gasteiger charge is -2.46. The molecule has 0 bridgehead atoms. The third-order valence-electron chi connectivity index (χ3n) is 15.2. The number of ether oxygens (including phenoxy) is 4. The zero-order valence-electron chi connectivity index (χ0n) is 50.9. The van der Waals surface area contributed by atoms with Gasteiger partial charge in [0.15, 0.2) is 0 Å². The highest BCUT2D eigenvalue weighted by Gasteiger charge is 2.57. The van der Waals surface area contributed by atoms with E-state index < -0.39 is 146 Å². The van der Waals surface area contributed by atoms with E-state index in [0.717, 1.165) is 35.4 Å². The Morgan fingerprint density at radius 1 is 0.516 bits per heavy atom. The molecular formula is C64H78N6O20S3. The molecule has 29 heteroatoms. The first kappa shape index (κ1) is 73.1. The SMILES string of the molecule is CC(=O)N[C@H]1[C@H]([C@H](O)[C@H](O)CNC(=O)c2ccc(-c3ccccc3)cc2)O[C@@](OCCCSCCNC(=O)c2ccc(C(=O)NCCSCCCO[C@]3(C(=O)O)C[C@H](O)[C@@H](NC(C)=O)[C@H]([C@H](O)[C@H](O)CNC(=O)c4ccc(-c5cccs5)cc4)O3)cc2)(C(=O)O)C[C@@H]1O. The molecule has 2 aliphatic rings. The molecule has 1 aromatic heterocycles. The van der Waals surface area contributed by atoms with Crippen molar-refractivity contribution in [3.05, 3.63) is 143 Å². The lowest BCUT2D eigenvalue weighted by molar-refractivity contribution is -0.310. The molecule has 0 spiro atoms. The van der Waals surface area contributed by atoms with E-state index >= 15 is 0 Å². The van der Waals surface area contributed by atoms with Crippen LogP contribution in [0, 0.1) is 0 Å². The van der Waals surface area contributed by atoms with Gasteiger partial charge >= 0.3 is 11.9 Å². The number of carbonyl (C=O) groups is 8. The van der Waals surface area contributed by atoms with Crippen LogP contribution in [0.3, 0.4) is 0 Å². The summed E-state index contributed by atoms with van der Waals surface area (Å²) in [5, 5.41) is 105. The molecule has 26 nitrogen and oxygen atoms in total. The van der Waals surface area contributed by atoms with Gasteiger partial charge in [0.2, 0.25) is 11.8 Å². The number of hydrogen-bond acceptors (Lipinski definition) is 21. The third kappa shape index (κ3) is 20.6. The first-order valence-electron chi connectivity index (χ1n) is 29.9. The van der Waals surface area contributed by atoms with Crippen LogP contribution in [0.25, 0.3) is 21.6 Å². The molecule has 0 unspecified atom stereocenters. The Morgan fingerprint density at radius 2 is 0.892 bits per heavy atom. The molecule has 5 aromatic rings. The smallest absolute Gasteiger partial charge is 0.364 e. The summed E-state index contributed by atoms with van der Waals surface area (Å²) < 4.78 is 23.1. The van der Waals surface area contributed by atoms with Crippen LogP contribution >= 0.6 is 34.9 Å². The van der Waals surface area contributed by atoms with Crippen molar-refractivity contribution < 1.29 is 98.2 Å². The van der Waals surface area contributed by atoms with E-state index in [4.69, 9.17) is 18.9 Å². The van der Waals surface area contributed by atoms with Gasteiger partial charge in [-0.3, -0.25) is 28.8 Å². The molecule has 2 saturated heterocycles. The molecule has 14 N–H and O–H groups in total. The van der Waals surface area contributed by atoms with Gasteiger partial charge in [-0.2, -0.15) is 23.5 Å². The van der Waals surface area contributed by atoms with Crippen molar-refractivity contribution >= 4 is 82.2 Å². The molecule has 0 radical (unpaired) electrons. The van der Waals surface area contributed by atoms with Crippen LogP contribution < -0.4 is 31.9 Å². The minimum absolute atomic E-state index is 0.182. The second-order valence-electron chi connectivity index (χ2n) is 22.0. The number of benzene rings is 4. The maximum Gasteiger partial charge on any atom is 0.364 e. The minimum atomic E-state index is -2.49. The van der Waals surface area contributed by atoms with Crippen molar-refractivity contribution in [2.45, 2.75) is 112 Å². The van der Waals surface area contributed by atoms with E-state index in [1.54, 1.807) is 48.5 Å². The Labute approximate surface area is 548 Å². The normalized spacial score (nSPS) is 22.4. The number of carboxylic acid groups (broad SMARTS) is 2. The third-order valence-corrected chi connectivity index (χ3v) is 18.2. The highest BCUT2D eigenvalue weighted by atomic mass is 32.2. The Bertz CT molecular complexity index is 3280. The number of carbonyl (C=O) groups excluding carboxylic acids is 6. The van der Waals surface area contributed by atoms with Gasteiger partial charge in [0.1, 0.15) is 24.4 Å². The lowest BCUT2D eigenvalue weighted by Crippen LogP contribution is -2.68. The molecular weight excluding hydrogens is 1270 g/mol. The molecule has 93 heavy (non-hydrogen) atoms. The average Bonchev–Trinajstić information content (AvgIpc) is 1.31. The number of nitrogens with one attached hydrogen (secondary N) is 6. The summed E-state index contributed by atoms with van der Waals surface area (Å²) in [6.45, 7) is 1.43. The Balaban J connectivity index is 0.772. The van der Waals surface area contributed by atoms with Crippen LogP contribution in [0.5, 0.6) is 0 Å². The predicted octanol–water partition coefficient (Wildman–Crippen LogP) is 2.00. The topological polar surface area (TPSA) is 408 Å². The van der Waals surface area contributed by atoms with Crippen molar-refractivity contribution in [1.29, 1.82) is 0 Å². The maximum atomic E-state index is 13.0. The van der Waals surface area contributed by atoms with Gasteiger partial charge < -0.3 is 91.7 Å². The van der Waals surface area contributed by atoms with E-state index in [2.05, 4.69) is 31.9 Å². The summed E-state index contributed by atoms with van der Waals surface area (Å²) in [7, 11) is 0. The fourth-order valence-corrected chi connectivity index (χ4v) is 12.6. The zero-order chi connectivity index (χ0) is 67.2. The fourth-order valence-electron chi connectivity index (χ4n) is 10.3. The number of aliphatic hydroxyl groups excluding tert-OH is 6. The number of aliphatic hydroxyl groups is 6. The van der Waals surface area contributed by atoms with E-state index in [1.807, 2.05) is 47.8 Å². The van der Waals surface area contributed by atoms with E-state index in [1.165, 1.54) is 59.1 Å². The van der Waals surface area contributed by atoms with E-state index in [9.17, 15) is 79.2 Å². The highest BCUT2D eigenvalue weighted by Crippen LogP contribution is 2.36. The highest BCUT2D eigenvalue weighted by molar-refractivity contribution is 7.99. The van der Waals surface area contributed by atoms with Gasteiger partial charge in [-0.25, -0.2) is 9.59 Å². The second kappa shape index (κ2) is 35.2. The average molecular weight is 1350 g/mol. The van der Waals surface area contributed by atoms with E-state index in [0.29, 0.717) is 40.6 Å². The predicted molar refractivity (Wildman–Crippen MR) is 344 cm³/mol. The molecule has 12 atom stereocenters. The van der Waals surface area contributed by atoms with E-state index in [-0.39, 0.29) is 43.9 Å². The summed E-state index contributed by atoms with van der Waals surface area (Å²) in [6, 6.07) is 30.0. The van der Waals surface area contributed by atoms with Gasteiger partial charge in [-0.15, -0.1) is 11.3 Å². The van der Waals surface area contributed by atoms with Gasteiger partial charge in [0.25, 0.3) is 35.2 Å². The number of thioether (sulfide) groups is 2. The molecule has 7 rings (SSSR count). The van der Waals surface area contributed by atoms with Crippen molar-refractivity contribution in [3.63, 3.8) is 0 Å². The standard InChI is InChI=1S/C64H78N6O20S3/c1-37(71)69-51-46(73)33-63(61(83)84,89-55(51)53(77)48(75)35-67-59(81)44-16-12-40(13-17-44)39-9-4-3-5-10-39)87-26-7-28-91-31-24-65-57(79)42-20-22-43(23-21-42)58(80)66-25-32-92-29-8-27-88-64(62(85)86)34-47(74)52(70-38(2)72)56(90-64)54(78)49(76)36-68-60(82)45-18-14-41(15-19-45)50-11-6-30-93-50/h3-6,9-23,30,46-49,51-56,73-78H,7-8,24-29,31-36H2,1-2H3,(H,65,79)(H,66,80)(H,67,81)(H,68,82)(H,69,71)(H,70,72)(H,83,84)(H,85,86)/t46-,47-,48+,49+,51+,52+,53+,54+,55+,56+,63+,64+/m0/s1. The summed E-state index contributed by atoms with van der Waals surface area (Å²) in [5.41, 5.74) is 3.86. The zero-order valence-corrected chi connectivity index (χ0v) is 53.4. The van der Waals surface area contributed by atoms with Crippen molar-refractivity contribution in [2.75, 3.05) is 62.4 Å². The Morgan fingerprint density at radius 3 is 1.27 bits per heavy atom. The second-order valence-corrected chi connectivity index (χ2v) is 25.4. The molecule has 2 fully saturated rings. The fraction of sp³-hybridized carbons (Fsp3) is 0.438. The number of aliphatic carboxylic acids is 2. The van der Waals surface area contributed by atoms with Crippen LogP contribution in [-0.4, -0.2) is 223 Å². The Kier molecular flexibility index (Phi) is 27.7. The van der Waals surface area contributed by atoms with Gasteiger partial charge in [-0.05, 0) is 101 Å². The van der Waals surface area contributed by atoms with Crippen molar-refractivity contribution in [2.24, 2.45) is 0 Å².